The first-order valence-electron chi connectivity index (χ1n) is 18.5. The van der Waals surface area contributed by atoms with E-state index in [1.165, 1.54) is 117 Å². The Bertz CT molecular complexity index is 3430. The third-order valence-electron chi connectivity index (χ3n) is 11.4. The molecule has 0 amide bonds. The molecule has 0 N–H and O–H groups in total. The molecule has 0 saturated heterocycles. The highest BCUT2D eigenvalue weighted by Crippen LogP contribution is 2.51. The highest BCUT2D eigenvalue weighted by Gasteiger charge is 2.22. The van der Waals surface area contributed by atoms with Crippen LogP contribution in [0.25, 0.3) is 117 Å². The lowest BCUT2D eigenvalue weighted by atomic mass is 9.83. The molecule has 0 unspecified atom stereocenters. The molecule has 12 rings (SSSR count). The van der Waals surface area contributed by atoms with Gasteiger partial charge in [0, 0.05) is 51.3 Å². The second-order valence-corrected chi connectivity index (χ2v) is 16.4. The van der Waals surface area contributed by atoms with Gasteiger partial charge in [0.05, 0.1) is 0 Å². The Hall–Kier alpha value is -6.32. The monoisotopic (exact) mass is 718 g/mol. The zero-order chi connectivity index (χ0) is 35.3. The van der Waals surface area contributed by atoms with Crippen LogP contribution in [-0.4, -0.2) is 0 Å². The van der Waals surface area contributed by atoms with Crippen LogP contribution in [0.2, 0.25) is 0 Å². The molecule has 54 heavy (non-hydrogen) atoms. The van der Waals surface area contributed by atoms with Crippen LogP contribution in [0.5, 0.6) is 0 Å². The first-order valence-corrected chi connectivity index (χ1v) is 20.1. The zero-order valence-corrected chi connectivity index (χ0v) is 30.8. The van der Waals surface area contributed by atoms with E-state index in [1.807, 2.05) is 22.7 Å². The highest BCUT2D eigenvalue weighted by atomic mass is 32.1. The first-order chi connectivity index (χ1) is 26.8. The van der Waals surface area contributed by atoms with E-state index >= 15 is 0 Å². The van der Waals surface area contributed by atoms with E-state index in [4.69, 9.17) is 0 Å². The summed E-state index contributed by atoms with van der Waals surface area (Å²) in [6.07, 6.45) is 0. The number of benzene rings is 10. The number of rotatable bonds is 3. The summed E-state index contributed by atoms with van der Waals surface area (Å²) in [5.41, 5.74) is 7.67. The molecule has 0 aliphatic heterocycles. The average molecular weight is 719 g/mol. The fourth-order valence-corrected chi connectivity index (χ4v) is 11.6. The molecule has 2 aromatic heterocycles. The van der Waals surface area contributed by atoms with Gasteiger partial charge in [0.2, 0.25) is 0 Å². The third-order valence-corrected chi connectivity index (χ3v) is 13.8. The molecule has 0 spiro atoms. The highest BCUT2D eigenvalue weighted by molar-refractivity contribution is 7.27. The molecule has 0 nitrogen and oxygen atoms in total. The molecule has 0 radical (unpaired) electrons. The molecule has 12 aromatic rings. The van der Waals surface area contributed by atoms with Crippen LogP contribution < -0.4 is 0 Å². The fraction of sp³-hybridized carbons (Fsp3) is 0. The van der Waals surface area contributed by atoms with Crippen molar-refractivity contribution in [1.82, 2.24) is 0 Å². The Labute approximate surface area is 319 Å². The zero-order valence-electron chi connectivity index (χ0n) is 29.1. The van der Waals surface area contributed by atoms with Crippen LogP contribution in [0.1, 0.15) is 0 Å². The van der Waals surface area contributed by atoms with Gasteiger partial charge < -0.3 is 0 Å². The van der Waals surface area contributed by atoms with Crippen molar-refractivity contribution >= 4 is 106 Å². The van der Waals surface area contributed by atoms with E-state index in [-0.39, 0.29) is 0 Å². The van der Waals surface area contributed by atoms with Gasteiger partial charge in [0.1, 0.15) is 0 Å². The van der Waals surface area contributed by atoms with Crippen molar-refractivity contribution in [2.75, 3.05) is 0 Å². The van der Waals surface area contributed by atoms with Crippen LogP contribution in [0.3, 0.4) is 0 Å². The lowest BCUT2D eigenvalue weighted by Crippen LogP contribution is -1.92. The predicted molar refractivity (Wildman–Crippen MR) is 239 cm³/mol. The molecule has 0 bridgehead atoms. The molecular formula is C52H30S2. The van der Waals surface area contributed by atoms with Crippen LogP contribution in [0.4, 0.5) is 0 Å². The summed E-state index contributed by atoms with van der Waals surface area (Å²) >= 11 is 3.83. The standard InChI is InChI=1S/C52H30S2/c1-2-14-31(15-3-1)47-36-18-6-8-20-38(36)49(39-21-9-7-19-37(39)47)40-28-27-35(33-16-4-5-17-34(33)40)43-30-32-26-29-46-50(41-22-10-12-24-44(41)53-46)48(32)51-42-23-11-13-25-45(42)54-52(43)51/h1-30H. The molecular weight excluding hydrogens is 689 g/mol. The van der Waals surface area contributed by atoms with Crippen LogP contribution in [0.15, 0.2) is 182 Å². The van der Waals surface area contributed by atoms with Crippen LogP contribution in [0, 0.1) is 0 Å². The summed E-state index contributed by atoms with van der Waals surface area (Å²) < 4.78 is 5.37. The van der Waals surface area contributed by atoms with Crippen molar-refractivity contribution in [2.24, 2.45) is 0 Å². The second-order valence-electron chi connectivity index (χ2n) is 14.3. The predicted octanol–water partition coefficient (Wildman–Crippen LogP) is 16.0. The van der Waals surface area contributed by atoms with E-state index in [1.54, 1.807) is 0 Å². The van der Waals surface area contributed by atoms with Gasteiger partial charge in [-0.25, -0.2) is 0 Å². The molecule has 0 fully saturated rings. The van der Waals surface area contributed by atoms with Gasteiger partial charge in [-0.2, -0.15) is 0 Å². The Morgan fingerprint density at radius 2 is 0.778 bits per heavy atom. The molecule has 0 aliphatic rings. The Balaban J connectivity index is 1.19. The summed E-state index contributed by atoms with van der Waals surface area (Å²) in [4.78, 5) is 0. The minimum Gasteiger partial charge on any atom is -0.135 e. The van der Waals surface area contributed by atoms with Crippen LogP contribution in [-0.2, 0) is 0 Å². The first kappa shape index (κ1) is 30.2. The minimum absolute atomic E-state index is 1.24. The summed E-state index contributed by atoms with van der Waals surface area (Å²) in [6.45, 7) is 0. The average Bonchev–Trinajstić information content (AvgIpc) is 3.82. The molecule has 2 heterocycles. The largest absolute Gasteiger partial charge is 0.135 e. The van der Waals surface area contributed by atoms with Crippen LogP contribution >= 0.6 is 22.7 Å². The smallest absolute Gasteiger partial charge is 0.0440 e. The Morgan fingerprint density at radius 1 is 0.278 bits per heavy atom. The number of fused-ring (bicyclic) bond motifs is 12. The van der Waals surface area contributed by atoms with Gasteiger partial charge in [-0.15, -0.1) is 22.7 Å². The van der Waals surface area contributed by atoms with Crippen molar-refractivity contribution < 1.29 is 0 Å². The molecule has 0 saturated carbocycles. The maximum atomic E-state index is 2.47. The third kappa shape index (κ3) is 4.24. The molecule has 10 aromatic carbocycles. The van der Waals surface area contributed by atoms with Crippen molar-refractivity contribution in [3.63, 3.8) is 0 Å². The molecule has 2 heteroatoms. The summed E-state index contributed by atoms with van der Waals surface area (Å²) in [5.74, 6) is 0. The minimum atomic E-state index is 1.24. The van der Waals surface area contributed by atoms with Crippen molar-refractivity contribution in [3.8, 4) is 33.4 Å². The molecule has 0 aliphatic carbocycles. The van der Waals surface area contributed by atoms with Crippen molar-refractivity contribution in [1.29, 1.82) is 0 Å². The van der Waals surface area contributed by atoms with E-state index in [9.17, 15) is 0 Å². The van der Waals surface area contributed by atoms with Gasteiger partial charge in [0.15, 0.2) is 0 Å². The van der Waals surface area contributed by atoms with Gasteiger partial charge in [-0.05, 0) is 89.8 Å². The quantitative estimate of drug-likeness (QED) is 0.160. The normalized spacial score (nSPS) is 12.1. The van der Waals surface area contributed by atoms with Gasteiger partial charge in [-0.1, -0.05) is 158 Å². The van der Waals surface area contributed by atoms with Gasteiger partial charge in [0.25, 0.3) is 0 Å². The van der Waals surface area contributed by atoms with E-state index in [0.717, 1.165) is 0 Å². The fourth-order valence-electron chi connectivity index (χ4n) is 9.21. The Morgan fingerprint density at radius 3 is 1.44 bits per heavy atom. The Kier molecular flexibility index (Phi) is 6.48. The second kappa shape index (κ2) is 11.6. The maximum Gasteiger partial charge on any atom is 0.0440 e. The SMILES string of the molecule is c1ccc(-c2c3ccccc3c(-c3ccc(-c4cc5ccc6sc7ccccc7c6c5c5c4sc4ccccc45)c4ccccc34)c3ccccc23)cc1. The maximum absolute atomic E-state index is 2.47. The molecule has 250 valence electrons. The topological polar surface area (TPSA) is 0 Å². The van der Waals surface area contributed by atoms with Gasteiger partial charge >= 0.3 is 0 Å². The van der Waals surface area contributed by atoms with Crippen molar-refractivity contribution in [3.05, 3.63) is 182 Å². The summed E-state index contributed by atoms with van der Waals surface area (Å²) in [6, 6.07) is 67.7. The number of hydrogen-bond donors (Lipinski definition) is 0. The van der Waals surface area contributed by atoms with Gasteiger partial charge in [-0.3, -0.25) is 0 Å². The lowest BCUT2D eigenvalue weighted by molar-refractivity contribution is 1.66. The summed E-state index contributed by atoms with van der Waals surface area (Å²) in [5, 5.41) is 15.8. The van der Waals surface area contributed by atoms with E-state index < -0.39 is 0 Å². The number of hydrogen-bond acceptors (Lipinski definition) is 2. The lowest BCUT2D eigenvalue weighted by Gasteiger charge is -2.20. The summed E-state index contributed by atoms with van der Waals surface area (Å²) in [7, 11) is 0. The molecule has 0 atom stereocenters. The number of thiophene rings is 2. The van der Waals surface area contributed by atoms with E-state index in [2.05, 4.69) is 182 Å². The van der Waals surface area contributed by atoms with E-state index in [0.29, 0.717) is 0 Å². The van der Waals surface area contributed by atoms with Crippen molar-refractivity contribution in [2.45, 2.75) is 0 Å².